The van der Waals surface area contributed by atoms with Gasteiger partial charge in [0.25, 0.3) is 0 Å². The number of sulfonamides is 1. The molecule has 1 heterocycles. The maximum atomic E-state index is 11.6. The lowest BCUT2D eigenvalue weighted by Gasteiger charge is -2.08. The number of ether oxygens (including phenoxy) is 1. The fourth-order valence-corrected chi connectivity index (χ4v) is 1.98. The highest BCUT2D eigenvalue weighted by atomic mass is 32.2. The molecule has 16 heavy (non-hydrogen) atoms. The maximum absolute atomic E-state index is 11.6. The Morgan fingerprint density at radius 1 is 1.56 bits per heavy atom. The summed E-state index contributed by atoms with van der Waals surface area (Å²) in [5, 5.41) is 3.87. The lowest BCUT2D eigenvalue weighted by Crippen LogP contribution is -2.21. The molecule has 1 rings (SSSR count). The van der Waals surface area contributed by atoms with E-state index in [0.717, 1.165) is 0 Å². The van der Waals surface area contributed by atoms with Crippen LogP contribution in [0.15, 0.2) is 12.4 Å². The van der Waals surface area contributed by atoms with E-state index < -0.39 is 10.0 Å². The van der Waals surface area contributed by atoms with Gasteiger partial charge in [-0.05, 0) is 13.8 Å². The predicted molar refractivity (Wildman–Crippen MR) is 61.7 cm³/mol. The Morgan fingerprint density at radius 2 is 2.25 bits per heavy atom. The van der Waals surface area contributed by atoms with Gasteiger partial charge in [0.15, 0.2) is 0 Å². The third-order valence-electron chi connectivity index (χ3n) is 1.78. The van der Waals surface area contributed by atoms with Gasteiger partial charge in [-0.3, -0.25) is 9.40 Å². The molecule has 1 aromatic rings. The van der Waals surface area contributed by atoms with Crippen LogP contribution in [0.1, 0.15) is 13.8 Å². The third kappa shape index (κ3) is 4.63. The molecule has 0 spiro atoms. The largest absolute Gasteiger partial charge is 0.378 e. The zero-order chi connectivity index (χ0) is 12.2. The quantitative estimate of drug-likeness (QED) is 0.798. The standard InChI is InChI=1S/C9H17N3O3S/c1-8(2)15-4-5-16(13,14)11-9-6-10-12(3)7-9/h6-8,11H,4-5H2,1-3H3. The van der Waals surface area contributed by atoms with Gasteiger partial charge in [-0.25, -0.2) is 8.42 Å². The summed E-state index contributed by atoms with van der Waals surface area (Å²) in [7, 11) is -1.62. The number of nitrogens with zero attached hydrogens (tertiary/aromatic N) is 2. The van der Waals surface area contributed by atoms with Crippen LogP contribution in [0.3, 0.4) is 0 Å². The molecule has 0 unspecified atom stereocenters. The van der Waals surface area contributed by atoms with Crippen LogP contribution in [0, 0.1) is 0 Å². The first kappa shape index (κ1) is 13.0. The van der Waals surface area contributed by atoms with Crippen LogP contribution in [-0.2, 0) is 21.8 Å². The maximum Gasteiger partial charge on any atom is 0.235 e. The summed E-state index contributed by atoms with van der Waals surface area (Å²) in [5.41, 5.74) is 0.465. The highest BCUT2D eigenvalue weighted by molar-refractivity contribution is 7.92. The van der Waals surface area contributed by atoms with E-state index in [1.54, 1.807) is 13.2 Å². The average molecular weight is 247 g/mol. The van der Waals surface area contributed by atoms with Gasteiger partial charge >= 0.3 is 0 Å². The molecule has 92 valence electrons. The minimum Gasteiger partial charge on any atom is -0.378 e. The monoisotopic (exact) mass is 247 g/mol. The van der Waals surface area contributed by atoms with Crippen molar-refractivity contribution in [3.63, 3.8) is 0 Å². The SMILES string of the molecule is CC(C)OCCS(=O)(=O)Nc1cnn(C)c1. The van der Waals surface area contributed by atoms with Crippen molar-refractivity contribution < 1.29 is 13.2 Å². The van der Waals surface area contributed by atoms with E-state index in [9.17, 15) is 8.42 Å². The van der Waals surface area contributed by atoms with Gasteiger partial charge in [0.05, 0.1) is 30.3 Å². The van der Waals surface area contributed by atoms with Crippen molar-refractivity contribution in [3.8, 4) is 0 Å². The fraction of sp³-hybridized carbons (Fsp3) is 0.667. The number of nitrogens with one attached hydrogen (secondary N) is 1. The number of hydrogen-bond acceptors (Lipinski definition) is 4. The summed E-state index contributed by atoms with van der Waals surface area (Å²) in [5.74, 6) is -0.0555. The lowest BCUT2D eigenvalue weighted by atomic mass is 10.5. The Balaban J connectivity index is 2.46. The van der Waals surface area contributed by atoms with Crippen molar-refractivity contribution in [2.24, 2.45) is 7.05 Å². The number of aromatic nitrogens is 2. The molecule has 0 saturated carbocycles. The molecule has 0 aliphatic carbocycles. The second kappa shape index (κ2) is 5.31. The molecule has 0 saturated heterocycles. The lowest BCUT2D eigenvalue weighted by molar-refractivity contribution is 0.0913. The van der Waals surface area contributed by atoms with Gasteiger partial charge in [0.1, 0.15) is 0 Å². The summed E-state index contributed by atoms with van der Waals surface area (Å²) in [4.78, 5) is 0. The molecular formula is C9H17N3O3S. The summed E-state index contributed by atoms with van der Waals surface area (Å²) in [6.07, 6.45) is 3.09. The molecule has 1 aromatic heterocycles. The zero-order valence-corrected chi connectivity index (χ0v) is 10.5. The topological polar surface area (TPSA) is 73.2 Å². The molecule has 6 nitrogen and oxygen atoms in total. The van der Waals surface area contributed by atoms with E-state index in [1.807, 2.05) is 13.8 Å². The summed E-state index contributed by atoms with van der Waals surface area (Å²) >= 11 is 0. The highest BCUT2D eigenvalue weighted by Crippen LogP contribution is 2.06. The molecule has 0 aromatic carbocycles. The van der Waals surface area contributed by atoms with Crippen LogP contribution in [0.2, 0.25) is 0 Å². The summed E-state index contributed by atoms with van der Waals surface area (Å²) in [6.45, 7) is 3.91. The molecule has 0 aliphatic heterocycles. The second-order valence-corrected chi connectivity index (χ2v) is 5.59. The number of anilines is 1. The Hall–Kier alpha value is -1.08. The average Bonchev–Trinajstić information content (AvgIpc) is 2.48. The Bertz CT molecular complexity index is 425. The summed E-state index contributed by atoms with van der Waals surface area (Å²) in [6, 6.07) is 0. The van der Waals surface area contributed by atoms with Crippen molar-refractivity contribution in [3.05, 3.63) is 12.4 Å². The molecule has 0 amide bonds. The van der Waals surface area contributed by atoms with Crippen LogP contribution in [0.4, 0.5) is 5.69 Å². The van der Waals surface area contributed by atoms with Crippen LogP contribution < -0.4 is 4.72 Å². The van der Waals surface area contributed by atoms with E-state index in [2.05, 4.69) is 9.82 Å². The fourth-order valence-electron chi connectivity index (χ4n) is 1.10. The van der Waals surface area contributed by atoms with Gasteiger partial charge in [0, 0.05) is 13.2 Å². The van der Waals surface area contributed by atoms with E-state index in [1.165, 1.54) is 10.9 Å². The van der Waals surface area contributed by atoms with Crippen LogP contribution >= 0.6 is 0 Å². The Morgan fingerprint density at radius 3 is 2.75 bits per heavy atom. The molecule has 0 atom stereocenters. The Labute approximate surface area is 95.7 Å². The van der Waals surface area contributed by atoms with Gasteiger partial charge in [0.2, 0.25) is 10.0 Å². The minimum absolute atomic E-state index is 0.0357. The van der Waals surface area contributed by atoms with Gasteiger partial charge in [-0.15, -0.1) is 0 Å². The molecule has 7 heteroatoms. The van der Waals surface area contributed by atoms with Crippen molar-refractivity contribution in [2.75, 3.05) is 17.1 Å². The third-order valence-corrected chi connectivity index (χ3v) is 3.03. The molecule has 0 bridgehead atoms. The molecular weight excluding hydrogens is 230 g/mol. The van der Waals surface area contributed by atoms with Crippen molar-refractivity contribution in [2.45, 2.75) is 20.0 Å². The first-order valence-corrected chi connectivity index (χ1v) is 6.65. The molecule has 0 fully saturated rings. The molecule has 1 N–H and O–H groups in total. The number of hydrogen-bond donors (Lipinski definition) is 1. The van der Waals surface area contributed by atoms with E-state index >= 15 is 0 Å². The van der Waals surface area contributed by atoms with Crippen molar-refractivity contribution >= 4 is 15.7 Å². The number of rotatable bonds is 6. The minimum atomic E-state index is -3.35. The smallest absolute Gasteiger partial charge is 0.235 e. The summed E-state index contributed by atoms with van der Waals surface area (Å²) < 4.78 is 32.3. The predicted octanol–water partition coefficient (Wildman–Crippen LogP) is 0.587. The second-order valence-electron chi connectivity index (χ2n) is 3.74. The van der Waals surface area contributed by atoms with Crippen LogP contribution in [0.5, 0.6) is 0 Å². The van der Waals surface area contributed by atoms with Crippen molar-refractivity contribution in [1.82, 2.24) is 9.78 Å². The van der Waals surface area contributed by atoms with Gasteiger partial charge in [-0.2, -0.15) is 5.10 Å². The van der Waals surface area contributed by atoms with Crippen LogP contribution in [-0.4, -0.2) is 36.7 Å². The zero-order valence-electron chi connectivity index (χ0n) is 9.67. The van der Waals surface area contributed by atoms with Gasteiger partial charge in [-0.1, -0.05) is 0 Å². The van der Waals surface area contributed by atoms with Crippen molar-refractivity contribution in [1.29, 1.82) is 0 Å². The van der Waals surface area contributed by atoms with Gasteiger partial charge < -0.3 is 4.74 Å². The van der Waals surface area contributed by atoms with E-state index in [0.29, 0.717) is 5.69 Å². The van der Waals surface area contributed by atoms with E-state index in [-0.39, 0.29) is 18.5 Å². The number of aryl methyl sites for hydroxylation is 1. The molecule has 0 aliphatic rings. The highest BCUT2D eigenvalue weighted by Gasteiger charge is 2.11. The molecule has 0 radical (unpaired) electrons. The normalized spacial score (nSPS) is 12.0. The first-order chi connectivity index (χ1) is 7.39. The van der Waals surface area contributed by atoms with E-state index in [4.69, 9.17) is 4.74 Å². The Kier molecular flexibility index (Phi) is 4.31. The first-order valence-electron chi connectivity index (χ1n) is 5.00. The van der Waals surface area contributed by atoms with Crippen LogP contribution in [0.25, 0.3) is 0 Å².